The van der Waals surface area contributed by atoms with Gasteiger partial charge in [-0.2, -0.15) is 0 Å². The molecule has 1 amide bonds. The molecule has 25 heavy (non-hydrogen) atoms. The minimum atomic E-state index is -0.993. The molecule has 5 nitrogen and oxygen atoms in total. The van der Waals surface area contributed by atoms with Gasteiger partial charge >= 0.3 is 0 Å². The number of carbonyl (C=O) groups excluding carboxylic acids is 1. The fraction of sp³-hybridized carbons (Fsp3) is 0.333. The van der Waals surface area contributed by atoms with Gasteiger partial charge in [0.2, 0.25) is 0 Å². The Hall–Kier alpha value is -2.70. The molecule has 0 saturated heterocycles. The van der Waals surface area contributed by atoms with Gasteiger partial charge in [-0.05, 0) is 18.1 Å². The number of benzene rings is 1. The van der Waals surface area contributed by atoms with Crippen molar-refractivity contribution >= 4 is 5.91 Å². The molecule has 2 heterocycles. The van der Waals surface area contributed by atoms with Gasteiger partial charge in [-0.1, -0.05) is 31.2 Å². The standard InChI is InChI=1S/C18H18F2N2O3/c1-11(2)17-4-3-7-22(17)18(23)16-9-13(25-21-16)10-24-12-5-6-14(19)15(20)8-12/h3-6,8-9,11,17H,7,10H2,1-2H3/t17-/m1/s1. The van der Waals surface area contributed by atoms with Crippen LogP contribution in [0.25, 0.3) is 0 Å². The minimum Gasteiger partial charge on any atom is -0.485 e. The number of rotatable bonds is 5. The Labute approximate surface area is 143 Å². The molecule has 1 aromatic heterocycles. The van der Waals surface area contributed by atoms with E-state index in [0.29, 0.717) is 18.2 Å². The summed E-state index contributed by atoms with van der Waals surface area (Å²) in [6.07, 6.45) is 3.96. The van der Waals surface area contributed by atoms with Crippen molar-refractivity contribution < 1.29 is 22.8 Å². The van der Waals surface area contributed by atoms with Crippen LogP contribution < -0.4 is 4.74 Å². The first-order valence-corrected chi connectivity index (χ1v) is 7.97. The second-order valence-electron chi connectivity index (χ2n) is 6.16. The number of halogens is 2. The van der Waals surface area contributed by atoms with E-state index in [9.17, 15) is 13.6 Å². The van der Waals surface area contributed by atoms with Crippen LogP contribution in [-0.4, -0.2) is 28.6 Å². The van der Waals surface area contributed by atoms with Gasteiger partial charge in [0.05, 0.1) is 6.04 Å². The van der Waals surface area contributed by atoms with Crippen LogP contribution in [0.3, 0.4) is 0 Å². The average Bonchev–Trinajstić information content (AvgIpc) is 3.24. The largest absolute Gasteiger partial charge is 0.485 e. The third kappa shape index (κ3) is 3.70. The van der Waals surface area contributed by atoms with Crippen molar-refractivity contribution in [3.8, 4) is 5.75 Å². The summed E-state index contributed by atoms with van der Waals surface area (Å²) in [5, 5.41) is 3.79. The Kier molecular flexibility index (Phi) is 4.83. The Morgan fingerprint density at radius 3 is 2.88 bits per heavy atom. The van der Waals surface area contributed by atoms with Crippen molar-refractivity contribution in [1.82, 2.24) is 10.1 Å². The predicted molar refractivity (Wildman–Crippen MR) is 86.0 cm³/mol. The summed E-state index contributed by atoms with van der Waals surface area (Å²) in [7, 11) is 0. The molecular formula is C18H18F2N2O3. The zero-order chi connectivity index (χ0) is 18.0. The van der Waals surface area contributed by atoms with Gasteiger partial charge in [0.15, 0.2) is 23.1 Å². The van der Waals surface area contributed by atoms with E-state index in [1.807, 2.05) is 26.0 Å². The van der Waals surface area contributed by atoms with Gasteiger partial charge in [0, 0.05) is 18.7 Å². The lowest BCUT2D eigenvalue weighted by Crippen LogP contribution is -2.39. The highest BCUT2D eigenvalue weighted by molar-refractivity contribution is 5.93. The maximum Gasteiger partial charge on any atom is 0.276 e. The summed E-state index contributed by atoms with van der Waals surface area (Å²) < 4.78 is 36.5. The van der Waals surface area contributed by atoms with Crippen LogP contribution in [0.5, 0.6) is 5.75 Å². The molecule has 0 saturated carbocycles. The molecule has 0 unspecified atom stereocenters. The zero-order valence-corrected chi connectivity index (χ0v) is 13.9. The molecule has 132 valence electrons. The first-order chi connectivity index (χ1) is 12.0. The van der Waals surface area contributed by atoms with Crippen molar-refractivity contribution in [2.75, 3.05) is 6.54 Å². The number of nitrogens with zero attached hydrogens (tertiary/aromatic N) is 2. The molecule has 0 spiro atoms. The van der Waals surface area contributed by atoms with E-state index >= 15 is 0 Å². The Morgan fingerprint density at radius 2 is 2.16 bits per heavy atom. The van der Waals surface area contributed by atoms with Crippen LogP contribution in [0.2, 0.25) is 0 Å². The van der Waals surface area contributed by atoms with Crippen molar-refractivity contribution in [3.05, 3.63) is 59.5 Å². The summed E-state index contributed by atoms with van der Waals surface area (Å²) in [6, 6.07) is 4.76. The molecule has 1 aromatic carbocycles. The summed E-state index contributed by atoms with van der Waals surface area (Å²) >= 11 is 0. The number of hydrogen-bond donors (Lipinski definition) is 0. The molecule has 1 atom stereocenters. The third-order valence-electron chi connectivity index (χ3n) is 3.99. The molecule has 0 radical (unpaired) electrons. The maximum absolute atomic E-state index is 13.1. The zero-order valence-electron chi connectivity index (χ0n) is 13.9. The molecule has 7 heteroatoms. The lowest BCUT2D eigenvalue weighted by atomic mass is 10.0. The average molecular weight is 348 g/mol. The monoisotopic (exact) mass is 348 g/mol. The van der Waals surface area contributed by atoms with Crippen LogP contribution >= 0.6 is 0 Å². The summed E-state index contributed by atoms with van der Waals surface area (Å²) in [5.41, 5.74) is 0.193. The van der Waals surface area contributed by atoms with Crippen molar-refractivity contribution in [2.45, 2.75) is 26.5 Å². The van der Waals surface area contributed by atoms with Crippen molar-refractivity contribution in [3.63, 3.8) is 0 Å². The van der Waals surface area contributed by atoms with Crippen LogP contribution in [0.4, 0.5) is 8.78 Å². The first kappa shape index (κ1) is 17.1. The van der Waals surface area contributed by atoms with E-state index in [4.69, 9.17) is 9.26 Å². The smallest absolute Gasteiger partial charge is 0.276 e. The van der Waals surface area contributed by atoms with Crippen LogP contribution in [-0.2, 0) is 6.61 Å². The van der Waals surface area contributed by atoms with E-state index in [2.05, 4.69) is 5.16 Å². The van der Waals surface area contributed by atoms with Gasteiger partial charge in [-0.25, -0.2) is 8.78 Å². The molecule has 0 aliphatic carbocycles. The fourth-order valence-electron chi connectivity index (χ4n) is 2.69. The van der Waals surface area contributed by atoms with Gasteiger partial charge < -0.3 is 14.2 Å². The molecule has 3 rings (SSSR count). The molecule has 0 bridgehead atoms. The third-order valence-corrected chi connectivity index (χ3v) is 3.99. The topological polar surface area (TPSA) is 55.6 Å². The second kappa shape index (κ2) is 7.04. The molecular weight excluding hydrogens is 330 g/mol. The highest BCUT2D eigenvalue weighted by Gasteiger charge is 2.29. The fourth-order valence-corrected chi connectivity index (χ4v) is 2.69. The number of carbonyl (C=O) groups is 1. The summed E-state index contributed by atoms with van der Waals surface area (Å²) in [5.74, 6) is -1.38. The summed E-state index contributed by atoms with van der Waals surface area (Å²) in [6.45, 7) is 4.58. The molecule has 1 aliphatic rings. The normalized spacial score (nSPS) is 16.7. The Morgan fingerprint density at radius 1 is 1.36 bits per heavy atom. The quantitative estimate of drug-likeness (QED) is 0.775. The molecule has 0 fully saturated rings. The van der Waals surface area contributed by atoms with E-state index in [1.165, 1.54) is 12.1 Å². The summed E-state index contributed by atoms with van der Waals surface area (Å²) in [4.78, 5) is 14.3. The highest BCUT2D eigenvalue weighted by Crippen LogP contribution is 2.21. The second-order valence-corrected chi connectivity index (χ2v) is 6.16. The number of ether oxygens (including phenoxy) is 1. The highest BCUT2D eigenvalue weighted by atomic mass is 19.2. The van der Waals surface area contributed by atoms with Gasteiger partial charge in [-0.15, -0.1) is 0 Å². The van der Waals surface area contributed by atoms with E-state index < -0.39 is 11.6 Å². The maximum atomic E-state index is 13.1. The number of aromatic nitrogens is 1. The van der Waals surface area contributed by atoms with Crippen LogP contribution in [0.1, 0.15) is 30.1 Å². The first-order valence-electron chi connectivity index (χ1n) is 7.97. The molecule has 1 aliphatic heterocycles. The van der Waals surface area contributed by atoms with Crippen LogP contribution in [0.15, 0.2) is 40.9 Å². The van der Waals surface area contributed by atoms with Crippen LogP contribution in [0, 0.1) is 17.6 Å². The lowest BCUT2D eigenvalue weighted by Gasteiger charge is -2.26. The van der Waals surface area contributed by atoms with Gasteiger partial charge in [0.25, 0.3) is 5.91 Å². The SMILES string of the molecule is CC(C)[C@H]1C=CCN1C(=O)c1cc(COc2ccc(F)c(F)c2)on1. The predicted octanol–water partition coefficient (Wildman–Crippen LogP) is 3.57. The minimum absolute atomic E-state index is 0.0334. The Balaban J connectivity index is 1.64. The lowest BCUT2D eigenvalue weighted by molar-refractivity contribution is 0.0709. The molecule has 2 aromatic rings. The van der Waals surface area contributed by atoms with Crippen molar-refractivity contribution in [2.24, 2.45) is 5.92 Å². The van der Waals surface area contributed by atoms with Gasteiger partial charge in [0.1, 0.15) is 12.4 Å². The van der Waals surface area contributed by atoms with Crippen molar-refractivity contribution in [1.29, 1.82) is 0 Å². The Bertz CT molecular complexity index is 801. The van der Waals surface area contributed by atoms with Gasteiger partial charge in [-0.3, -0.25) is 4.79 Å². The van der Waals surface area contributed by atoms with E-state index in [-0.39, 0.29) is 30.0 Å². The van der Waals surface area contributed by atoms with E-state index in [0.717, 1.165) is 12.1 Å². The number of hydrogen-bond acceptors (Lipinski definition) is 4. The number of amides is 1. The van der Waals surface area contributed by atoms with E-state index in [1.54, 1.807) is 4.90 Å². The molecule has 0 N–H and O–H groups in total.